The van der Waals surface area contributed by atoms with E-state index in [9.17, 15) is 9.59 Å². The molecule has 0 fully saturated rings. The van der Waals surface area contributed by atoms with Gasteiger partial charge in [0.15, 0.2) is 11.5 Å². The maximum Gasteiger partial charge on any atom is 0.308 e. The summed E-state index contributed by atoms with van der Waals surface area (Å²) in [6, 6.07) is 3.27. The van der Waals surface area contributed by atoms with E-state index in [0.717, 1.165) is 11.1 Å². The molecule has 0 aliphatic carbocycles. The van der Waals surface area contributed by atoms with Crippen molar-refractivity contribution in [3.8, 4) is 11.5 Å². The van der Waals surface area contributed by atoms with Gasteiger partial charge in [0.05, 0.1) is 0 Å². The van der Waals surface area contributed by atoms with E-state index in [2.05, 4.69) is 25.3 Å². The molecule has 0 saturated heterocycles. The minimum Gasteiger partial charge on any atom is -0.423 e. The van der Waals surface area contributed by atoms with Crippen molar-refractivity contribution < 1.29 is 19.1 Å². The molecule has 98 valence electrons. The highest BCUT2D eigenvalue weighted by atomic mass is 32.1. The second kappa shape index (κ2) is 6.70. The van der Waals surface area contributed by atoms with Crippen LogP contribution in [0.1, 0.15) is 25.0 Å². The first-order valence-corrected chi connectivity index (χ1v) is 6.48. The zero-order valence-electron chi connectivity index (χ0n) is 10.1. The van der Waals surface area contributed by atoms with Crippen LogP contribution in [0.4, 0.5) is 0 Å². The summed E-state index contributed by atoms with van der Waals surface area (Å²) in [6.45, 7) is 2.56. The highest BCUT2D eigenvalue weighted by Gasteiger charge is 2.14. The Kier molecular flexibility index (Phi) is 5.55. The fourth-order valence-electron chi connectivity index (χ4n) is 1.41. The number of esters is 2. The van der Waals surface area contributed by atoms with Crippen LogP contribution in [0.2, 0.25) is 0 Å². The predicted octanol–water partition coefficient (Wildman–Crippen LogP) is 2.40. The number of carbonyl (C=O) groups excluding carboxylic acids is 2. The Balaban J connectivity index is 3.25. The summed E-state index contributed by atoms with van der Waals surface area (Å²) in [7, 11) is 0. The zero-order valence-corrected chi connectivity index (χ0v) is 11.9. The summed E-state index contributed by atoms with van der Waals surface area (Å²) in [5.41, 5.74) is 1.75. The average Bonchev–Trinajstić information content (AvgIpc) is 2.29. The second-order valence-corrected chi connectivity index (χ2v) is 4.20. The number of hydrogen-bond donors (Lipinski definition) is 2. The molecule has 0 spiro atoms. The lowest BCUT2D eigenvalue weighted by atomic mass is 10.1. The topological polar surface area (TPSA) is 52.6 Å². The van der Waals surface area contributed by atoms with E-state index in [1.54, 1.807) is 12.1 Å². The van der Waals surface area contributed by atoms with Gasteiger partial charge in [-0.1, -0.05) is 0 Å². The van der Waals surface area contributed by atoms with Gasteiger partial charge in [0.1, 0.15) is 0 Å². The summed E-state index contributed by atoms with van der Waals surface area (Å²) in [4.78, 5) is 22.0. The fourth-order valence-corrected chi connectivity index (χ4v) is 2.00. The summed E-state index contributed by atoms with van der Waals surface area (Å²) in [6.07, 6.45) is 0. The molecular weight excluding hydrogens is 272 g/mol. The first kappa shape index (κ1) is 14.9. The molecular formula is C12H14O4S2. The summed E-state index contributed by atoms with van der Waals surface area (Å²) >= 11 is 8.39. The third kappa shape index (κ3) is 3.96. The van der Waals surface area contributed by atoms with Gasteiger partial charge in [-0.25, -0.2) is 0 Å². The van der Waals surface area contributed by atoms with E-state index in [1.807, 2.05) is 0 Å². The largest absolute Gasteiger partial charge is 0.423 e. The molecule has 0 amide bonds. The van der Waals surface area contributed by atoms with Gasteiger partial charge in [-0.2, -0.15) is 25.3 Å². The highest BCUT2D eigenvalue weighted by Crippen LogP contribution is 2.32. The third-order valence-electron chi connectivity index (χ3n) is 2.11. The van der Waals surface area contributed by atoms with Crippen LogP contribution in [0.3, 0.4) is 0 Å². The summed E-state index contributed by atoms with van der Waals surface area (Å²) in [5.74, 6) is 0.425. The number of rotatable bonds is 4. The Labute approximate surface area is 116 Å². The summed E-state index contributed by atoms with van der Waals surface area (Å²) < 4.78 is 10.0. The van der Waals surface area contributed by atoms with E-state index in [-0.39, 0.29) is 11.5 Å². The minimum absolute atomic E-state index is 0.215. The van der Waals surface area contributed by atoms with Crippen LogP contribution in [0.25, 0.3) is 0 Å². The third-order valence-corrected chi connectivity index (χ3v) is 2.80. The SMILES string of the molecule is CC(=O)Oc1cc(CS)c(CS)cc1OC(C)=O. The van der Waals surface area contributed by atoms with Crippen molar-refractivity contribution in [1.29, 1.82) is 0 Å². The minimum atomic E-state index is -0.480. The van der Waals surface area contributed by atoms with Crippen LogP contribution in [0, 0.1) is 0 Å². The van der Waals surface area contributed by atoms with E-state index >= 15 is 0 Å². The monoisotopic (exact) mass is 286 g/mol. The molecule has 0 aliphatic heterocycles. The van der Waals surface area contributed by atoms with Crippen molar-refractivity contribution in [2.75, 3.05) is 0 Å². The van der Waals surface area contributed by atoms with Crippen LogP contribution in [-0.4, -0.2) is 11.9 Å². The van der Waals surface area contributed by atoms with Crippen LogP contribution >= 0.6 is 25.3 Å². The molecule has 0 N–H and O–H groups in total. The maximum atomic E-state index is 11.0. The normalized spacial score (nSPS) is 10.0. The smallest absolute Gasteiger partial charge is 0.308 e. The number of thiol groups is 2. The van der Waals surface area contributed by atoms with Crippen molar-refractivity contribution in [2.24, 2.45) is 0 Å². The van der Waals surface area contributed by atoms with E-state index in [0.29, 0.717) is 11.5 Å². The Morgan fingerprint density at radius 2 is 1.28 bits per heavy atom. The molecule has 1 aromatic rings. The Hall–Kier alpha value is -1.14. The number of ether oxygens (including phenoxy) is 2. The predicted molar refractivity (Wildman–Crippen MR) is 74.4 cm³/mol. The van der Waals surface area contributed by atoms with Crippen molar-refractivity contribution in [3.63, 3.8) is 0 Å². The molecule has 0 heterocycles. The second-order valence-electron chi connectivity index (χ2n) is 3.57. The standard InChI is InChI=1S/C12H14O4S2/c1-7(13)15-11-3-9(5-17)10(6-18)4-12(11)16-8(2)14/h3-4,17-18H,5-6H2,1-2H3. The number of benzene rings is 1. The van der Waals surface area contributed by atoms with Crippen molar-refractivity contribution in [2.45, 2.75) is 25.4 Å². The van der Waals surface area contributed by atoms with Gasteiger partial charge < -0.3 is 9.47 Å². The first-order chi connectivity index (χ1) is 8.47. The molecule has 1 aromatic carbocycles. The van der Waals surface area contributed by atoms with Crippen molar-refractivity contribution >= 4 is 37.2 Å². The lowest BCUT2D eigenvalue weighted by molar-refractivity contribution is -0.134. The van der Waals surface area contributed by atoms with E-state index in [4.69, 9.17) is 9.47 Å². The zero-order chi connectivity index (χ0) is 13.7. The molecule has 0 unspecified atom stereocenters. The quantitative estimate of drug-likeness (QED) is 0.507. The van der Waals surface area contributed by atoms with Crippen molar-refractivity contribution in [1.82, 2.24) is 0 Å². The van der Waals surface area contributed by atoms with Crippen LogP contribution in [-0.2, 0) is 21.1 Å². The Morgan fingerprint density at radius 3 is 1.50 bits per heavy atom. The van der Waals surface area contributed by atoms with Gasteiger partial charge in [-0.05, 0) is 23.3 Å². The Bertz CT molecular complexity index is 428. The van der Waals surface area contributed by atoms with E-state index < -0.39 is 11.9 Å². The van der Waals surface area contributed by atoms with Gasteiger partial charge in [0, 0.05) is 25.4 Å². The number of hydrogen-bond acceptors (Lipinski definition) is 6. The molecule has 0 aromatic heterocycles. The van der Waals surface area contributed by atoms with Crippen molar-refractivity contribution in [3.05, 3.63) is 23.3 Å². The van der Waals surface area contributed by atoms with Gasteiger partial charge >= 0.3 is 11.9 Å². The molecule has 6 heteroatoms. The lowest BCUT2D eigenvalue weighted by Gasteiger charge is -2.13. The Morgan fingerprint density at radius 1 is 0.944 bits per heavy atom. The molecule has 0 saturated carbocycles. The number of carbonyl (C=O) groups is 2. The molecule has 18 heavy (non-hydrogen) atoms. The molecule has 0 atom stereocenters. The first-order valence-electron chi connectivity index (χ1n) is 5.22. The van der Waals surface area contributed by atoms with Crippen LogP contribution in [0.15, 0.2) is 12.1 Å². The molecule has 1 rings (SSSR count). The molecule has 0 aliphatic rings. The lowest BCUT2D eigenvalue weighted by Crippen LogP contribution is -2.08. The molecule has 0 radical (unpaired) electrons. The van der Waals surface area contributed by atoms with Gasteiger partial charge in [-0.3, -0.25) is 9.59 Å². The van der Waals surface area contributed by atoms with Crippen LogP contribution < -0.4 is 9.47 Å². The molecule has 0 bridgehead atoms. The maximum absolute atomic E-state index is 11.0. The average molecular weight is 286 g/mol. The molecule has 4 nitrogen and oxygen atoms in total. The van der Waals surface area contributed by atoms with Gasteiger partial charge in [0.25, 0.3) is 0 Å². The van der Waals surface area contributed by atoms with Gasteiger partial charge in [-0.15, -0.1) is 0 Å². The summed E-state index contributed by atoms with van der Waals surface area (Å²) in [5, 5.41) is 0. The van der Waals surface area contributed by atoms with Gasteiger partial charge in [0.2, 0.25) is 0 Å². The fraction of sp³-hybridized carbons (Fsp3) is 0.333. The van der Waals surface area contributed by atoms with E-state index in [1.165, 1.54) is 13.8 Å². The highest BCUT2D eigenvalue weighted by molar-refractivity contribution is 7.79. The van der Waals surface area contributed by atoms with Crippen LogP contribution in [0.5, 0.6) is 11.5 Å².